The van der Waals surface area contributed by atoms with Crippen LogP contribution in [0.2, 0.25) is 0 Å². The number of benzene rings is 1. The van der Waals surface area contributed by atoms with Gasteiger partial charge in [-0.1, -0.05) is 0 Å². The quantitative estimate of drug-likeness (QED) is 0.522. The molecular weight excluding hydrogens is 480 g/mol. The predicted octanol–water partition coefficient (Wildman–Crippen LogP) is 2.88. The molecule has 3 aromatic rings. The molecule has 2 N–H and O–H groups in total. The first kappa shape index (κ1) is 22.9. The van der Waals surface area contributed by atoms with Crippen molar-refractivity contribution in [2.75, 3.05) is 54.2 Å². The number of nitrogens with zero attached hydrogens (tertiary/aromatic N) is 4. The van der Waals surface area contributed by atoms with E-state index in [1.54, 1.807) is 12.0 Å². The Morgan fingerprint density at radius 1 is 1.22 bits per heavy atom. The van der Waals surface area contributed by atoms with E-state index in [1.807, 2.05) is 42.6 Å². The Morgan fingerprint density at radius 2 is 2.14 bits per heavy atom. The van der Waals surface area contributed by atoms with Gasteiger partial charge in [0.1, 0.15) is 11.6 Å². The van der Waals surface area contributed by atoms with E-state index in [4.69, 9.17) is 9.47 Å². The average Bonchev–Trinajstić information content (AvgIpc) is 3.52. The molecule has 36 heavy (non-hydrogen) atoms. The van der Waals surface area contributed by atoms with Crippen LogP contribution in [-0.4, -0.2) is 73.2 Å². The van der Waals surface area contributed by atoms with Crippen LogP contribution in [0.1, 0.15) is 6.42 Å². The van der Waals surface area contributed by atoms with Gasteiger partial charge in [-0.25, -0.2) is 9.78 Å². The molecule has 0 saturated carbocycles. The Morgan fingerprint density at radius 3 is 3.03 bits per heavy atom. The van der Waals surface area contributed by atoms with Crippen LogP contribution >= 0.6 is 11.8 Å². The number of carbonyl (C=O) groups excluding carboxylic acids is 2. The molecule has 3 aliphatic rings. The van der Waals surface area contributed by atoms with Crippen molar-refractivity contribution in [3.8, 4) is 5.88 Å². The summed E-state index contributed by atoms with van der Waals surface area (Å²) in [5.41, 5.74) is 4.17. The molecule has 0 radical (unpaired) electrons. The fourth-order valence-electron chi connectivity index (χ4n) is 4.88. The summed E-state index contributed by atoms with van der Waals surface area (Å²) in [7, 11) is 1.61. The van der Waals surface area contributed by atoms with Crippen molar-refractivity contribution < 1.29 is 19.1 Å². The number of anilines is 3. The van der Waals surface area contributed by atoms with E-state index in [0.717, 1.165) is 52.5 Å². The molecule has 5 heterocycles. The molecule has 1 aromatic carbocycles. The zero-order chi connectivity index (χ0) is 24.6. The van der Waals surface area contributed by atoms with Crippen LogP contribution in [0.4, 0.5) is 21.9 Å². The second-order valence-electron chi connectivity index (χ2n) is 9.02. The van der Waals surface area contributed by atoms with E-state index in [9.17, 15) is 9.59 Å². The van der Waals surface area contributed by atoms with Crippen molar-refractivity contribution in [1.82, 2.24) is 15.3 Å². The molecule has 2 atom stereocenters. The van der Waals surface area contributed by atoms with Gasteiger partial charge in [0.25, 0.3) is 0 Å². The lowest BCUT2D eigenvalue weighted by molar-refractivity contribution is -0.113. The number of rotatable bonds is 6. The maximum Gasteiger partial charge on any atom is 0.414 e. The first-order valence-corrected chi connectivity index (χ1v) is 12.9. The van der Waals surface area contributed by atoms with Crippen molar-refractivity contribution in [3.63, 3.8) is 0 Å². The Labute approximate surface area is 212 Å². The fraction of sp³-hybridized carbons (Fsp3) is 0.360. The van der Waals surface area contributed by atoms with Crippen molar-refractivity contribution in [2.45, 2.75) is 23.5 Å². The standard InChI is InChI=1S/C25H26N6O4S/c1-34-23-5-3-18-24(29-23)20(6-8-26-18)30-9-7-15(12-30)27-11-17-13-31(25(33)35-17)16-2-4-21-19(10-16)28-22(32)14-36-21/h2-6,8,10,15,17,27H,7,9,11-14H2,1H3,(H,28,32). The summed E-state index contributed by atoms with van der Waals surface area (Å²) < 4.78 is 10.9. The van der Waals surface area contributed by atoms with Crippen LogP contribution < -0.4 is 25.2 Å². The van der Waals surface area contributed by atoms with Gasteiger partial charge in [0, 0.05) is 48.5 Å². The normalized spacial score (nSPS) is 21.5. The van der Waals surface area contributed by atoms with E-state index in [2.05, 4.69) is 25.5 Å². The van der Waals surface area contributed by atoms with Gasteiger partial charge < -0.3 is 25.0 Å². The highest BCUT2D eigenvalue weighted by Gasteiger charge is 2.34. The highest BCUT2D eigenvalue weighted by molar-refractivity contribution is 8.00. The number of carbonyl (C=O) groups is 2. The SMILES string of the molecule is COc1ccc2nccc(N3CCC(NCC4CN(c5ccc6c(c5)NC(=O)CS6)C(=O)O4)C3)c2n1. The summed E-state index contributed by atoms with van der Waals surface area (Å²) in [6, 6.07) is 11.7. The van der Waals surface area contributed by atoms with E-state index in [1.165, 1.54) is 11.8 Å². The summed E-state index contributed by atoms with van der Waals surface area (Å²) in [6.07, 6.45) is 2.16. The van der Waals surface area contributed by atoms with Gasteiger partial charge in [0.2, 0.25) is 11.8 Å². The van der Waals surface area contributed by atoms with Crippen molar-refractivity contribution >= 4 is 51.9 Å². The maximum atomic E-state index is 12.6. The molecule has 6 rings (SSSR count). The van der Waals surface area contributed by atoms with Crippen molar-refractivity contribution in [2.24, 2.45) is 0 Å². The second-order valence-corrected chi connectivity index (χ2v) is 10.0. The number of hydrogen-bond donors (Lipinski definition) is 2. The van der Waals surface area contributed by atoms with E-state index in [0.29, 0.717) is 24.7 Å². The minimum absolute atomic E-state index is 0.0315. The molecule has 186 valence electrons. The molecule has 2 saturated heterocycles. The number of aromatic nitrogens is 2. The van der Waals surface area contributed by atoms with Gasteiger partial charge in [-0.15, -0.1) is 11.8 Å². The first-order valence-electron chi connectivity index (χ1n) is 11.9. The first-order chi connectivity index (χ1) is 17.6. The molecule has 2 fully saturated rings. The highest BCUT2D eigenvalue weighted by atomic mass is 32.2. The number of methoxy groups -OCH3 is 1. The summed E-state index contributed by atoms with van der Waals surface area (Å²) in [4.78, 5) is 38.3. The highest BCUT2D eigenvalue weighted by Crippen LogP contribution is 2.35. The lowest BCUT2D eigenvalue weighted by Crippen LogP contribution is -2.39. The molecule has 0 bridgehead atoms. The third-order valence-corrected chi connectivity index (χ3v) is 7.76. The Kier molecular flexibility index (Phi) is 6.02. The van der Waals surface area contributed by atoms with E-state index >= 15 is 0 Å². The number of fused-ring (bicyclic) bond motifs is 2. The third kappa shape index (κ3) is 4.40. The number of hydrogen-bond acceptors (Lipinski definition) is 9. The zero-order valence-electron chi connectivity index (χ0n) is 19.8. The number of pyridine rings is 2. The monoisotopic (exact) mass is 506 g/mol. The lowest BCUT2D eigenvalue weighted by atomic mass is 10.2. The number of nitrogens with one attached hydrogen (secondary N) is 2. The van der Waals surface area contributed by atoms with Crippen LogP contribution in [0.25, 0.3) is 11.0 Å². The van der Waals surface area contributed by atoms with Gasteiger partial charge in [0.15, 0.2) is 0 Å². The number of ether oxygens (including phenoxy) is 2. The van der Waals surface area contributed by atoms with Crippen molar-refractivity contribution in [1.29, 1.82) is 0 Å². The second kappa shape index (κ2) is 9.47. The Hall–Kier alpha value is -3.57. The summed E-state index contributed by atoms with van der Waals surface area (Å²) in [5.74, 6) is 0.946. The fourth-order valence-corrected chi connectivity index (χ4v) is 5.67. The third-order valence-electron chi connectivity index (χ3n) is 6.69. The largest absolute Gasteiger partial charge is 0.481 e. The smallest absolute Gasteiger partial charge is 0.414 e. The van der Waals surface area contributed by atoms with Crippen LogP contribution in [-0.2, 0) is 9.53 Å². The molecule has 2 aromatic heterocycles. The zero-order valence-corrected chi connectivity index (χ0v) is 20.6. The van der Waals surface area contributed by atoms with Gasteiger partial charge in [-0.2, -0.15) is 0 Å². The summed E-state index contributed by atoms with van der Waals surface area (Å²) in [5, 5.41) is 6.45. The molecule has 11 heteroatoms. The van der Waals surface area contributed by atoms with Gasteiger partial charge in [0.05, 0.1) is 36.3 Å². The number of cyclic esters (lactones) is 1. The molecule has 3 aliphatic heterocycles. The Balaban J connectivity index is 1.07. The lowest BCUT2D eigenvalue weighted by Gasteiger charge is -2.21. The Bertz CT molecular complexity index is 1340. The summed E-state index contributed by atoms with van der Waals surface area (Å²) in [6.45, 7) is 2.75. The van der Waals surface area contributed by atoms with Gasteiger partial charge in [-0.3, -0.25) is 14.7 Å². The summed E-state index contributed by atoms with van der Waals surface area (Å²) >= 11 is 1.50. The van der Waals surface area contributed by atoms with Crippen LogP contribution in [0.3, 0.4) is 0 Å². The predicted molar refractivity (Wildman–Crippen MR) is 138 cm³/mol. The molecule has 2 unspecified atom stereocenters. The minimum atomic E-state index is -0.368. The van der Waals surface area contributed by atoms with Gasteiger partial charge >= 0.3 is 6.09 Å². The van der Waals surface area contributed by atoms with Crippen LogP contribution in [0.15, 0.2) is 47.5 Å². The molecular formula is C25H26N6O4S. The van der Waals surface area contributed by atoms with Crippen molar-refractivity contribution in [3.05, 3.63) is 42.6 Å². The van der Waals surface area contributed by atoms with E-state index < -0.39 is 0 Å². The minimum Gasteiger partial charge on any atom is -0.481 e. The van der Waals surface area contributed by atoms with E-state index in [-0.39, 0.29) is 24.1 Å². The molecule has 2 amide bonds. The molecule has 0 aliphatic carbocycles. The average molecular weight is 507 g/mol. The number of amides is 2. The van der Waals surface area contributed by atoms with Crippen LogP contribution in [0.5, 0.6) is 5.88 Å². The van der Waals surface area contributed by atoms with Gasteiger partial charge in [-0.05, 0) is 36.8 Å². The van der Waals surface area contributed by atoms with Crippen LogP contribution in [0, 0.1) is 0 Å². The topological polar surface area (TPSA) is 109 Å². The molecule has 10 nitrogen and oxygen atoms in total. The number of thioether (sulfide) groups is 1. The maximum absolute atomic E-state index is 12.6. The molecule has 0 spiro atoms.